The van der Waals surface area contributed by atoms with Gasteiger partial charge < -0.3 is 19.6 Å². The highest BCUT2D eigenvalue weighted by Crippen LogP contribution is 2.46. The number of nitrogens with one attached hydrogen (secondary N) is 1. The number of hydrogen-bond acceptors (Lipinski definition) is 5. The second-order valence-electron chi connectivity index (χ2n) is 9.24. The van der Waals surface area contributed by atoms with E-state index in [0.717, 1.165) is 16.5 Å². The molecule has 1 unspecified atom stereocenters. The molecule has 1 saturated heterocycles. The van der Waals surface area contributed by atoms with E-state index in [2.05, 4.69) is 18.8 Å². The van der Waals surface area contributed by atoms with Gasteiger partial charge in [0.1, 0.15) is 22.8 Å². The molecular weight excluding hydrogens is 468 g/mol. The summed E-state index contributed by atoms with van der Waals surface area (Å²) in [5.41, 5.74) is 3.40. The maximum Gasteiger partial charge on any atom is 0.300 e. The molecule has 1 aliphatic heterocycles. The number of carbonyl (C=O) groups is 2. The van der Waals surface area contributed by atoms with E-state index in [1.54, 1.807) is 24.4 Å². The fourth-order valence-corrected chi connectivity index (χ4v) is 4.95. The third-order valence-corrected chi connectivity index (χ3v) is 6.86. The Morgan fingerprint density at radius 3 is 2.19 bits per heavy atom. The largest absolute Gasteiger partial charge is 0.506 e. The highest BCUT2D eigenvalue weighted by molar-refractivity contribution is 6.52. The molecule has 188 valence electrons. The molecule has 5 rings (SSSR count). The minimum atomic E-state index is -0.879. The van der Waals surface area contributed by atoms with Gasteiger partial charge in [-0.3, -0.25) is 14.5 Å². The first-order valence-electron chi connectivity index (χ1n) is 12.1. The summed E-state index contributed by atoms with van der Waals surface area (Å²) in [5.74, 6) is -0.906. The Kier molecular flexibility index (Phi) is 6.21. The number of para-hydroxylation sites is 1. The van der Waals surface area contributed by atoms with Crippen LogP contribution in [-0.2, 0) is 9.59 Å². The molecule has 1 atom stereocenters. The number of H-pyrrole nitrogens is 1. The van der Waals surface area contributed by atoms with Crippen LogP contribution in [0.5, 0.6) is 11.5 Å². The highest BCUT2D eigenvalue weighted by atomic mass is 16.5. The van der Waals surface area contributed by atoms with E-state index >= 15 is 0 Å². The zero-order valence-electron chi connectivity index (χ0n) is 21.1. The number of anilines is 1. The Bertz CT molecular complexity index is 1510. The number of carbonyl (C=O) groups excluding carboxylic acids is 2. The van der Waals surface area contributed by atoms with Crippen LogP contribution in [0.25, 0.3) is 16.7 Å². The van der Waals surface area contributed by atoms with Crippen molar-refractivity contribution in [2.24, 2.45) is 0 Å². The van der Waals surface area contributed by atoms with Crippen LogP contribution in [0.4, 0.5) is 5.69 Å². The molecule has 4 aromatic rings. The van der Waals surface area contributed by atoms with Gasteiger partial charge >= 0.3 is 0 Å². The number of methoxy groups -OCH3 is 2. The predicted octanol–water partition coefficient (Wildman–Crippen LogP) is 5.93. The minimum absolute atomic E-state index is 0.0366. The van der Waals surface area contributed by atoms with Crippen LogP contribution in [0, 0.1) is 0 Å². The van der Waals surface area contributed by atoms with Crippen LogP contribution in [0.1, 0.15) is 42.5 Å². The standard InChI is InChI=1S/C30H28N2O5/c1-17(2)18-12-14-19(15-13-18)32-27(21-16-31-22-9-6-5-8-20(21)22)26(29(34)30(32)35)28(33)25-23(36-3)10-7-11-24(25)37-4/h5-17,27,31,33H,1-4H3/b28-26+. The number of aliphatic hydroxyl groups excluding tert-OH is 1. The summed E-state index contributed by atoms with van der Waals surface area (Å²) in [7, 11) is 2.94. The second-order valence-corrected chi connectivity index (χ2v) is 9.24. The minimum Gasteiger partial charge on any atom is -0.506 e. The molecule has 37 heavy (non-hydrogen) atoms. The third-order valence-electron chi connectivity index (χ3n) is 6.86. The first-order chi connectivity index (χ1) is 17.9. The summed E-state index contributed by atoms with van der Waals surface area (Å²) in [6.07, 6.45) is 1.78. The highest BCUT2D eigenvalue weighted by Gasteiger charge is 2.48. The summed E-state index contributed by atoms with van der Waals surface area (Å²) in [6, 6.07) is 19.4. The summed E-state index contributed by atoms with van der Waals surface area (Å²) >= 11 is 0. The first kappa shape index (κ1) is 24.2. The van der Waals surface area contributed by atoms with Crippen LogP contribution >= 0.6 is 0 Å². The topological polar surface area (TPSA) is 91.9 Å². The van der Waals surface area contributed by atoms with Crippen molar-refractivity contribution < 1.29 is 24.2 Å². The number of nitrogens with zero attached hydrogens (tertiary/aromatic N) is 1. The molecule has 1 aromatic heterocycles. The molecule has 2 heterocycles. The van der Waals surface area contributed by atoms with Crippen molar-refractivity contribution in [2.45, 2.75) is 25.8 Å². The summed E-state index contributed by atoms with van der Waals surface area (Å²) in [4.78, 5) is 31.9. The maximum atomic E-state index is 13.6. The number of aromatic nitrogens is 1. The number of amides is 1. The van der Waals surface area contributed by atoms with E-state index in [1.165, 1.54) is 19.1 Å². The SMILES string of the molecule is COc1cccc(OC)c1/C(O)=C1\C(=O)C(=O)N(c2ccc(C(C)C)cc2)C1c1c[nH]c2ccccc12. The van der Waals surface area contributed by atoms with Gasteiger partial charge in [0.05, 0.1) is 25.8 Å². The molecule has 1 aliphatic rings. The van der Waals surface area contributed by atoms with E-state index in [0.29, 0.717) is 28.7 Å². The zero-order chi connectivity index (χ0) is 26.3. The van der Waals surface area contributed by atoms with Gasteiger partial charge in [0.2, 0.25) is 0 Å². The molecule has 7 heteroatoms. The number of hydrogen-bond donors (Lipinski definition) is 2. The molecule has 1 fully saturated rings. The van der Waals surface area contributed by atoms with Gasteiger partial charge in [-0.15, -0.1) is 0 Å². The lowest BCUT2D eigenvalue weighted by Crippen LogP contribution is -2.29. The van der Waals surface area contributed by atoms with Crippen LogP contribution in [0.3, 0.4) is 0 Å². The van der Waals surface area contributed by atoms with Crippen LogP contribution in [0.15, 0.2) is 78.5 Å². The monoisotopic (exact) mass is 496 g/mol. The lowest BCUT2D eigenvalue weighted by atomic mass is 9.94. The molecule has 3 aromatic carbocycles. The van der Waals surface area contributed by atoms with Crippen molar-refractivity contribution in [2.75, 3.05) is 19.1 Å². The van der Waals surface area contributed by atoms with Gasteiger partial charge in [-0.1, -0.05) is 50.2 Å². The number of benzene rings is 3. The molecule has 1 amide bonds. The molecular formula is C30H28N2O5. The molecule has 0 saturated carbocycles. The van der Waals surface area contributed by atoms with E-state index in [4.69, 9.17) is 9.47 Å². The van der Waals surface area contributed by atoms with Gasteiger partial charge in [-0.05, 0) is 41.8 Å². The van der Waals surface area contributed by atoms with Crippen LogP contribution in [-0.4, -0.2) is 36.0 Å². The van der Waals surface area contributed by atoms with Crippen molar-refractivity contribution in [3.8, 4) is 11.5 Å². The molecule has 0 bridgehead atoms. The Morgan fingerprint density at radius 1 is 0.919 bits per heavy atom. The molecule has 7 nitrogen and oxygen atoms in total. The third kappa shape index (κ3) is 3.93. The Balaban J connectivity index is 1.79. The molecule has 0 aliphatic carbocycles. The van der Waals surface area contributed by atoms with Gasteiger partial charge in [-0.2, -0.15) is 0 Å². The average Bonchev–Trinajstić information content (AvgIpc) is 3.46. The van der Waals surface area contributed by atoms with E-state index in [-0.39, 0.29) is 16.9 Å². The van der Waals surface area contributed by atoms with E-state index in [1.807, 2.05) is 48.5 Å². The van der Waals surface area contributed by atoms with Gasteiger partial charge in [0.15, 0.2) is 0 Å². The maximum absolute atomic E-state index is 13.6. The van der Waals surface area contributed by atoms with E-state index < -0.39 is 17.7 Å². The Morgan fingerprint density at radius 2 is 1.57 bits per heavy atom. The van der Waals surface area contributed by atoms with Gasteiger partial charge in [0, 0.05) is 28.4 Å². The lowest BCUT2D eigenvalue weighted by Gasteiger charge is -2.25. The number of aliphatic hydroxyl groups is 1. The van der Waals surface area contributed by atoms with Crippen LogP contribution < -0.4 is 14.4 Å². The fraction of sp³-hybridized carbons (Fsp3) is 0.200. The second kappa shape index (κ2) is 9.50. The molecule has 0 spiro atoms. The number of aromatic amines is 1. The van der Waals surface area contributed by atoms with Crippen LogP contribution in [0.2, 0.25) is 0 Å². The number of ether oxygens (including phenoxy) is 2. The smallest absolute Gasteiger partial charge is 0.300 e. The van der Waals surface area contributed by atoms with Gasteiger partial charge in [-0.25, -0.2) is 0 Å². The molecule has 2 N–H and O–H groups in total. The van der Waals surface area contributed by atoms with Crippen molar-refractivity contribution in [1.82, 2.24) is 4.98 Å². The van der Waals surface area contributed by atoms with Crippen molar-refractivity contribution in [3.63, 3.8) is 0 Å². The van der Waals surface area contributed by atoms with Crippen molar-refractivity contribution in [1.29, 1.82) is 0 Å². The van der Waals surface area contributed by atoms with Crippen molar-refractivity contribution in [3.05, 3.63) is 95.2 Å². The van der Waals surface area contributed by atoms with Gasteiger partial charge in [0.25, 0.3) is 11.7 Å². The number of rotatable bonds is 6. The average molecular weight is 497 g/mol. The normalized spacial score (nSPS) is 17.1. The fourth-order valence-electron chi connectivity index (χ4n) is 4.95. The van der Waals surface area contributed by atoms with Crippen molar-refractivity contribution >= 4 is 34.0 Å². The molecule has 0 radical (unpaired) electrons. The number of Topliss-reactive ketones (excluding diaryl/α,β-unsaturated/α-hetero) is 1. The summed E-state index contributed by atoms with van der Waals surface area (Å²) < 4.78 is 11.0. The first-order valence-corrected chi connectivity index (χ1v) is 12.1. The quantitative estimate of drug-likeness (QED) is 0.196. The number of fused-ring (bicyclic) bond motifs is 1. The van der Waals surface area contributed by atoms with E-state index in [9.17, 15) is 14.7 Å². The zero-order valence-corrected chi connectivity index (χ0v) is 21.1. The number of ketones is 1. The summed E-state index contributed by atoms with van der Waals surface area (Å²) in [6.45, 7) is 4.18. The predicted molar refractivity (Wildman–Crippen MR) is 143 cm³/mol. The Labute approximate surface area is 214 Å². The lowest BCUT2D eigenvalue weighted by molar-refractivity contribution is -0.132. The Hall–Kier alpha value is -4.52. The summed E-state index contributed by atoms with van der Waals surface area (Å²) in [5, 5.41) is 12.5.